The maximum Gasteiger partial charge on any atom is 0.0832 e. The van der Waals surface area contributed by atoms with Gasteiger partial charge in [0.2, 0.25) is 0 Å². The molecule has 1 aromatic carbocycles. The second kappa shape index (κ2) is 5.39. The van der Waals surface area contributed by atoms with E-state index in [0.29, 0.717) is 22.8 Å². The molecule has 0 amide bonds. The molecule has 0 aliphatic heterocycles. The van der Waals surface area contributed by atoms with Crippen LogP contribution in [0.2, 0.25) is 5.02 Å². The van der Waals surface area contributed by atoms with E-state index >= 15 is 0 Å². The molecule has 0 heterocycles. The quantitative estimate of drug-likeness (QED) is 0.592. The highest BCUT2D eigenvalue weighted by atomic mass is 35.5. The Bertz CT molecular complexity index is 346. The van der Waals surface area contributed by atoms with Crippen LogP contribution in [0.3, 0.4) is 0 Å². The van der Waals surface area contributed by atoms with Gasteiger partial charge in [0, 0.05) is 5.02 Å². The predicted octanol–water partition coefficient (Wildman–Crippen LogP) is 1.47. The van der Waals surface area contributed by atoms with E-state index in [4.69, 9.17) is 17.3 Å². The van der Waals surface area contributed by atoms with Gasteiger partial charge in [-0.05, 0) is 24.6 Å². The van der Waals surface area contributed by atoms with Gasteiger partial charge in [-0.1, -0.05) is 18.5 Å². The molecule has 0 saturated heterocycles. The molecular weight excluding hydrogens is 228 g/mol. The summed E-state index contributed by atoms with van der Waals surface area (Å²) in [6, 6.07) is 5.04. The van der Waals surface area contributed by atoms with Crippen molar-refractivity contribution < 1.29 is 10.2 Å². The van der Waals surface area contributed by atoms with Gasteiger partial charge in [0.25, 0.3) is 0 Å². The van der Waals surface area contributed by atoms with Crippen LogP contribution in [0.1, 0.15) is 13.3 Å². The van der Waals surface area contributed by atoms with Gasteiger partial charge >= 0.3 is 0 Å². The third kappa shape index (κ3) is 2.78. The summed E-state index contributed by atoms with van der Waals surface area (Å²) in [6.45, 7) is 1.53. The third-order valence-electron chi connectivity index (χ3n) is 2.70. The molecule has 0 spiro atoms. The molecule has 0 bridgehead atoms. The zero-order chi connectivity index (χ0) is 12.2. The maximum atomic E-state index is 9.30. The first kappa shape index (κ1) is 13.1. The highest BCUT2D eigenvalue weighted by Gasteiger charge is 2.26. The summed E-state index contributed by atoms with van der Waals surface area (Å²) >= 11 is 5.85. The topological polar surface area (TPSA) is 78.5 Å². The molecule has 1 aromatic rings. The van der Waals surface area contributed by atoms with E-state index in [2.05, 4.69) is 5.32 Å². The first-order chi connectivity index (χ1) is 7.56. The minimum absolute atomic E-state index is 0.175. The Morgan fingerprint density at radius 2 is 2.00 bits per heavy atom. The number of nitrogens with two attached hydrogens (primary N) is 1. The fourth-order valence-electron chi connectivity index (χ4n) is 1.36. The van der Waals surface area contributed by atoms with E-state index in [-0.39, 0.29) is 13.2 Å². The van der Waals surface area contributed by atoms with Gasteiger partial charge in [-0.15, -0.1) is 0 Å². The Morgan fingerprint density at radius 3 is 2.50 bits per heavy atom. The van der Waals surface area contributed by atoms with Crippen molar-refractivity contribution in [3.05, 3.63) is 23.2 Å². The molecule has 0 aromatic heterocycles. The molecule has 5 heteroatoms. The number of nitrogens with one attached hydrogen (secondary N) is 1. The number of hydrogen-bond donors (Lipinski definition) is 4. The zero-order valence-corrected chi connectivity index (χ0v) is 9.96. The number of rotatable bonds is 5. The molecule has 0 aliphatic rings. The number of aliphatic hydroxyl groups is 2. The van der Waals surface area contributed by atoms with Gasteiger partial charge in [0.15, 0.2) is 0 Å². The van der Waals surface area contributed by atoms with Crippen LogP contribution in [-0.2, 0) is 0 Å². The van der Waals surface area contributed by atoms with Crippen molar-refractivity contribution in [2.75, 3.05) is 24.3 Å². The second-order valence-electron chi connectivity index (χ2n) is 3.81. The lowest BCUT2D eigenvalue weighted by Gasteiger charge is -2.31. The number of anilines is 2. The van der Waals surface area contributed by atoms with Crippen LogP contribution in [0.15, 0.2) is 18.2 Å². The summed E-state index contributed by atoms with van der Waals surface area (Å²) in [7, 11) is 0. The summed E-state index contributed by atoms with van der Waals surface area (Å²) in [5.41, 5.74) is 6.17. The molecule has 0 radical (unpaired) electrons. The Morgan fingerprint density at radius 1 is 1.38 bits per heavy atom. The van der Waals surface area contributed by atoms with Gasteiger partial charge in [-0.25, -0.2) is 0 Å². The van der Waals surface area contributed by atoms with Crippen LogP contribution in [0.25, 0.3) is 0 Å². The van der Waals surface area contributed by atoms with E-state index in [0.717, 1.165) is 0 Å². The molecular formula is C11H17ClN2O2. The monoisotopic (exact) mass is 244 g/mol. The normalized spacial score (nSPS) is 11.5. The summed E-state index contributed by atoms with van der Waals surface area (Å²) in [4.78, 5) is 0. The highest BCUT2D eigenvalue weighted by molar-refractivity contribution is 6.31. The first-order valence-corrected chi connectivity index (χ1v) is 5.49. The average molecular weight is 245 g/mol. The van der Waals surface area contributed by atoms with Gasteiger partial charge in [-0.2, -0.15) is 0 Å². The lowest BCUT2D eigenvalue weighted by molar-refractivity contribution is 0.132. The first-order valence-electron chi connectivity index (χ1n) is 5.12. The van der Waals surface area contributed by atoms with Gasteiger partial charge in [0.1, 0.15) is 0 Å². The minimum Gasteiger partial charge on any atom is -0.397 e. The van der Waals surface area contributed by atoms with Crippen molar-refractivity contribution >= 4 is 23.0 Å². The molecule has 0 aliphatic carbocycles. The Labute approximate surface area is 100 Å². The van der Waals surface area contributed by atoms with Gasteiger partial charge < -0.3 is 21.3 Å². The van der Waals surface area contributed by atoms with Crippen molar-refractivity contribution in [2.24, 2.45) is 0 Å². The molecule has 0 fully saturated rings. The lowest BCUT2D eigenvalue weighted by Crippen LogP contribution is -2.45. The standard InChI is InChI=1S/C11H17ClN2O2/c1-2-11(6-15,7-16)14-10-5-8(12)3-4-9(10)13/h3-5,14-16H,2,6-7,13H2,1H3. The Hall–Kier alpha value is -0.970. The molecule has 0 unspecified atom stereocenters. The number of hydrogen-bond acceptors (Lipinski definition) is 4. The maximum absolute atomic E-state index is 9.30. The summed E-state index contributed by atoms with van der Waals surface area (Å²) < 4.78 is 0. The molecule has 1 rings (SSSR count). The summed E-state index contributed by atoms with van der Waals surface area (Å²) in [6.07, 6.45) is 0.575. The number of nitrogen functional groups attached to an aromatic ring is 1. The number of aliphatic hydroxyl groups excluding tert-OH is 2. The van der Waals surface area contributed by atoms with Crippen molar-refractivity contribution in [2.45, 2.75) is 18.9 Å². The Balaban J connectivity index is 2.97. The summed E-state index contributed by atoms with van der Waals surface area (Å²) in [5, 5.41) is 22.2. The zero-order valence-electron chi connectivity index (χ0n) is 9.20. The van der Waals surface area contributed by atoms with E-state index < -0.39 is 5.54 Å². The smallest absolute Gasteiger partial charge is 0.0832 e. The van der Waals surface area contributed by atoms with Gasteiger partial charge in [0.05, 0.1) is 30.1 Å². The van der Waals surface area contributed by atoms with Crippen molar-refractivity contribution in [1.29, 1.82) is 0 Å². The van der Waals surface area contributed by atoms with Crippen LogP contribution in [-0.4, -0.2) is 29.0 Å². The van der Waals surface area contributed by atoms with Crippen LogP contribution < -0.4 is 11.1 Å². The van der Waals surface area contributed by atoms with Crippen LogP contribution >= 0.6 is 11.6 Å². The highest BCUT2D eigenvalue weighted by Crippen LogP contribution is 2.27. The van der Waals surface area contributed by atoms with E-state index in [1.165, 1.54) is 0 Å². The molecule has 90 valence electrons. The van der Waals surface area contributed by atoms with E-state index in [1.807, 2.05) is 6.92 Å². The molecule has 5 N–H and O–H groups in total. The van der Waals surface area contributed by atoms with Crippen molar-refractivity contribution in [3.8, 4) is 0 Å². The lowest BCUT2D eigenvalue weighted by atomic mass is 9.98. The third-order valence-corrected chi connectivity index (χ3v) is 2.93. The van der Waals surface area contributed by atoms with Crippen molar-refractivity contribution in [3.63, 3.8) is 0 Å². The molecule has 16 heavy (non-hydrogen) atoms. The fourth-order valence-corrected chi connectivity index (χ4v) is 1.54. The molecule has 4 nitrogen and oxygen atoms in total. The van der Waals surface area contributed by atoms with Crippen LogP contribution in [0, 0.1) is 0 Å². The molecule has 0 atom stereocenters. The Kier molecular flexibility index (Phi) is 4.41. The van der Waals surface area contributed by atoms with Crippen molar-refractivity contribution in [1.82, 2.24) is 0 Å². The number of benzene rings is 1. The number of halogens is 1. The predicted molar refractivity (Wildman–Crippen MR) is 66.7 cm³/mol. The largest absolute Gasteiger partial charge is 0.397 e. The second-order valence-corrected chi connectivity index (χ2v) is 4.24. The SMILES string of the molecule is CCC(CO)(CO)Nc1cc(Cl)ccc1N. The van der Waals surface area contributed by atoms with Gasteiger partial charge in [-0.3, -0.25) is 0 Å². The summed E-state index contributed by atoms with van der Waals surface area (Å²) in [5.74, 6) is 0. The van der Waals surface area contributed by atoms with E-state index in [9.17, 15) is 10.2 Å². The van der Waals surface area contributed by atoms with Crippen LogP contribution in [0.4, 0.5) is 11.4 Å². The van der Waals surface area contributed by atoms with Crippen LogP contribution in [0.5, 0.6) is 0 Å². The van der Waals surface area contributed by atoms with E-state index in [1.54, 1.807) is 18.2 Å². The fraction of sp³-hybridized carbons (Fsp3) is 0.455. The average Bonchev–Trinajstić information content (AvgIpc) is 2.31. The molecule has 0 saturated carbocycles. The minimum atomic E-state index is -0.765.